The Morgan fingerprint density at radius 3 is 2.35 bits per heavy atom. The predicted octanol–water partition coefficient (Wildman–Crippen LogP) is 1.58. The molecule has 0 aromatic heterocycles. The van der Waals surface area contributed by atoms with Crippen LogP contribution in [0.4, 0.5) is 13.2 Å². The van der Waals surface area contributed by atoms with Gasteiger partial charge >= 0.3 is 0 Å². The van der Waals surface area contributed by atoms with Crippen LogP contribution in [0.5, 0.6) is 0 Å². The Bertz CT molecular complexity index is 445. The van der Waals surface area contributed by atoms with E-state index in [2.05, 4.69) is 0 Å². The lowest BCUT2D eigenvalue weighted by Crippen LogP contribution is -2.41. The summed E-state index contributed by atoms with van der Waals surface area (Å²) in [5, 5.41) is 0. The summed E-state index contributed by atoms with van der Waals surface area (Å²) in [5.74, 6) is -4.58. The molecule has 1 fully saturated rings. The van der Waals surface area contributed by atoms with Crippen LogP contribution in [-0.4, -0.2) is 37.1 Å². The van der Waals surface area contributed by atoms with Gasteiger partial charge in [-0.3, -0.25) is 4.79 Å². The van der Waals surface area contributed by atoms with Crippen LogP contribution in [0.3, 0.4) is 0 Å². The Hall–Kier alpha value is -1.56. The molecular weight excluding hydrogens is 235 g/mol. The molecule has 1 aliphatic rings. The highest BCUT2D eigenvalue weighted by Crippen LogP contribution is 2.18. The molecule has 0 radical (unpaired) electrons. The van der Waals surface area contributed by atoms with Gasteiger partial charge in [-0.1, -0.05) is 0 Å². The van der Waals surface area contributed by atoms with Crippen molar-refractivity contribution in [2.75, 3.05) is 26.3 Å². The largest absolute Gasteiger partial charge is 0.378 e. The highest BCUT2D eigenvalue weighted by molar-refractivity contribution is 5.94. The van der Waals surface area contributed by atoms with Crippen molar-refractivity contribution < 1.29 is 22.7 Å². The second kappa shape index (κ2) is 4.75. The van der Waals surface area contributed by atoms with Crippen LogP contribution in [0, 0.1) is 17.5 Å². The Balaban J connectivity index is 2.32. The molecule has 2 rings (SSSR count). The molecule has 1 heterocycles. The average Bonchev–Trinajstić information content (AvgIpc) is 2.35. The number of rotatable bonds is 1. The maximum absolute atomic E-state index is 13.4. The minimum absolute atomic E-state index is 0.244. The molecule has 0 N–H and O–H groups in total. The molecule has 0 bridgehead atoms. The maximum atomic E-state index is 13.4. The molecule has 0 aliphatic carbocycles. The normalized spacial score (nSPS) is 16.1. The molecule has 17 heavy (non-hydrogen) atoms. The number of morpholine rings is 1. The molecule has 0 unspecified atom stereocenters. The molecule has 0 atom stereocenters. The predicted molar refractivity (Wildman–Crippen MR) is 53.0 cm³/mol. The van der Waals surface area contributed by atoms with E-state index < -0.39 is 28.9 Å². The second-order valence-corrected chi connectivity index (χ2v) is 3.62. The third-order valence-electron chi connectivity index (χ3n) is 2.56. The van der Waals surface area contributed by atoms with Crippen LogP contribution in [0.1, 0.15) is 10.4 Å². The van der Waals surface area contributed by atoms with Crippen molar-refractivity contribution in [3.05, 3.63) is 35.1 Å². The second-order valence-electron chi connectivity index (χ2n) is 3.62. The van der Waals surface area contributed by atoms with E-state index in [1.165, 1.54) is 4.90 Å². The van der Waals surface area contributed by atoms with E-state index in [0.717, 1.165) is 6.07 Å². The first-order chi connectivity index (χ1) is 8.11. The van der Waals surface area contributed by atoms with Gasteiger partial charge in [0.2, 0.25) is 0 Å². The van der Waals surface area contributed by atoms with Crippen molar-refractivity contribution in [3.8, 4) is 0 Å². The van der Waals surface area contributed by atoms with Gasteiger partial charge in [-0.25, -0.2) is 13.2 Å². The Morgan fingerprint density at radius 2 is 1.71 bits per heavy atom. The van der Waals surface area contributed by atoms with E-state index in [9.17, 15) is 18.0 Å². The van der Waals surface area contributed by atoms with Crippen molar-refractivity contribution >= 4 is 5.91 Å². The van der Waals surface area contributed by atoms with Gasteiger partial charge in [0.05, 0.1) is 13.2 Å². The van der Waals surface area contributed by atoms with Gasteiger partial charge in [0, 0.05) is 13.1 Å². The van der Waals surface area contributed by atoms with Crippen LogP contribution in [0.25, 0.3) is 0 Å². The summed E-state index contributed by atoms with van der Waals surface area (Å²) in [6.45, 7) is 1.11. The smallest absolute Gasteiger partial charge is 0.260 e. The molecule has 1 amide bonds. The highest BCUT2D eigenvalue weighted by Gasteiger charge is 2.26. The summed E-state index contributed by atoms with van der Waals surface area (Å²) in [6.07, 6.45) is 0. The SMILES string of the molecule is O=C(c1c(F)ccc(F)c1F)N1CCOCC1. The molecule has 0 spiro atoms. The lowest BCUT2D eigenvalue weighted by Gasteiger charge is -2.27. The number of ether oxygens (including phenoxy) is 1. The average molecular weight is 245 g/mol. The third kappa shape index (κ3) is 2.26. The lowest BCUT2D eigenvalue weighted by atomic mass is 10.1. The zero-order valence-corrected chi connectivity index (χ0v) is 8.88. The van der Waals surface area contributed by atoms with Crippen molar-refractivity contribution in [1.82, 2.24) is 4.90 Å². The van der Waals surface area contributed by atoms with Crippen LogP contribution in [0.2, 0.25) is 0 Å². The van der Waals surface area contributed by atoms with Crippen LogP contribution >= 0.6 is 0 Å². The summed E-state index contributed by atoms with van der Waals surface area (Å²) in [4.78, 5) is 13.1. The van der Waals surface area contributed by atoms with E-state index in [4.69, 9.17) is 4.74 Å². The summed E-state index contributed by atoms with van der Waals surface area (Å²) < 4.78 is 44.7. The Morgan fingerprint density at radius 1 is 1.12 bits per heavy atom. The van der Waals surface area contributed by atoms with E-state index in [0.29, 0.717) is 19.3 Å². The number of amides is 1. The van der Waals surface area contributed by atoms with E-state index in [-0.39, 0.29) is 13.1 Å². The minimum atomic E-state index is -1.44. The number of hydrogen-bond donors (Lipinski definition) is 0. The molecule has 1 aliphatic heterocycles. The molecule has 1 aromatic carbocycles. The minimum Gasteiger partial charge on any atom is -0.378 e. The summed E-state index contributed by atoms with van der Waals surface area (Å²) >= 11 is 0. The van der Waals surface area contributed by atoms with Gasteiger partial charge in [0.1, 0.15) is 11.4 Å². The lowest BCUT2D eigenvalue weighted by molar-refractivity contribution is 0.0296. The number of benzene rings is 1. The number of carbonyl (C=O) groups excluding carboxylic acids is 1. The van der Waals surface area contributed by atoms with Crippen molar-refractivity contribution in [3.63, 3.8) is 0 Å². The Labute approximate surface area is 95.8 Å². The van der Waals surface area contributed by atoms with Crippen molar-refractivity contribution in [1.29, 1.82) is 0 Å². The van der Waals surface area contributed by atoms with Gasteiger partial charge < -0.3 is 9.64 Å². The summed E-state index contributed by atoms with van der Waals surface area (Å²) in [7, 11) is 0. The van der Waals surface area contributed by atoms with Crippen LogP contribution in [-0.2, 0) is 4.74 Å². The van der Waals surface area contributed by atoms with Gasteiger partial charge in [0.15, 0.2) is 11.6 Å². The van der Waals surface area contributed by atoms with E-state index >= 15 is 0 Å². The Kier molecular flexibility index (Phi) is 3.33. The monoisotopic (exact) mass is 245 g/mol. The maximum Gasteiger partial charge on any atom is 0.260 e. The molecule has 1 aromatic rings. The number of carbonyl (C=O) groups is 1. The molecule has 6 heteroatoms. The fourth-order valence-corrected chi connectivity index (χ4v) is 1.65. The fraction of sp³-hybridized carbons (Fsp3) is 0.364. The van der Waals surface area contributed by atoms with Gasteiger partial charge in [0.25, 0.3) is 5.91 Å². The first-order valence-corrected chi connectivity index (χ1v) is 5.12. The third-order valence-corrected chi connectivity index (χ3v) is 2.56. The number of hydrogen-bond acceptors (Lipinski definition) is 2. The standard InChI is InChI=1S/C11H10F3NO2/c12-7-1-2-8(13)10(14)9(7)11(16)15-3-5-17-6-4-15/h1-2H,3-6H2. The zero-order valence-electron chi connectivity index (χ0n) is 8.88. The first-order valence-electron chi connectivity index (χ1n) is 5.12. The molecule has 1 saturated heterocycles. The van der Waals surface area contributed by atoms with Crippen LogP contribution < -0.4 is 0 Å². The number of nitrogens with zero attached hydrogens (tertiary/aromatic N) is 1. The molecule has 0 saturated carbocycles. The topological polar surface area (TPSA) is 29.5 Å². The highest BCUT2D eigenvalue weighted by atomic mass is 19.2. The quantitative estimate of drug-likeness (QED) is 0.703. The van der Waals surface area contributed by atoms with E-state index in [1.807, 2.05) is 0 Å². The van der Waals surface area contributed by atoms with Gasteiger partial charge in [-0.2, -0.15) is 0 Å². The fourth-order valence-electron chi connectivity index (χ4n) is 1.65. The van der Waals surface area contributed by atoms with Crippen LogP contribution in [0.15, 0.2) is 12.1 Å². The van der Waals surface area contributed by atoms with Crippen molar-refractivity contribution in [2.24, 2.45) is 0 Å². The zero-order chi connectivity index (χ0) is 12.4. The summed E-state index contributed by atoms with van der Waals surface area (Å²) in [5.41, 5.74) is -0.841. The molecule has 3 nitrogen and oxygen atoms in total. The van der Waals surface area contributed by atoms with Gasteiger partial charge in [-0.15, -0.1) is 0 Å². The van der Waals surface area contributed by atoms with E-state index in [1.54, 1.807) is 0 Å². The molecule has 92 valence electrons. The number of halogens is 3. The summed E-state index contributed by atoms with van der Waals surface area (Å²) in [6, 6.07) is 1.40. The first kappa shape index (κ1) is 11.9. The van der Waals surface area contributed by atoms with Gasteiger partial charge in [-0.05, 0) is 12.1 Å². The van der Waals surface area contributed by atoms with Crippen molar-refractivity contribution in [2.45, 2.75) is 0 Å². The molecular formula is C11H10F3NO2.